The second kappa shape index (κ2) is 36.6. The van der Waals surface area contributed by atoms with E-state index in [-0.39, 0.29) is 6.61 Å². The SMILES string of the molecule is CCNCC.CCO.CO. The predicted octanol–water partition coefficient (Wildman–Crippen LogP) is 0.223. The Balaban J connectivity index is -0.0000000847. The molecule has 3 nitrogen and oxygen atoms in total. The first kappa shape index (κ1) is 16.5. The quantitative estimate of drug-likeness (QED) is 0.529. The Labute approximate surface area is 64.1 Å². The van der Waals surface area contributed by atoms with Crippen molar-refractivity contribution in [2.75, 3.05) is 26.8 Å². The molecule has 0 spiro atoms. The molecule has 0 atom stereocenters. The maximum atomic E-state index is 7.57. The Bertz CT molecular complexity index is 25.6. The van der Waals surface area contributed by atoms with Crippen molar-refractivity contribution in [2.24, 2.45) is 0 Å². The van der Waals surface area contributed by atoms with Crippen LogP contribution in [0.3, 0.4) is 0 Å². The second-order valence-corrected chi connectivity index (χ2v) is 1.27. The van der Waals surface area contributed by atoms with E-state index in [9.17, 15) is 0 Å². The van der Waals surface area contributed by atoms with Crippen LogP contribution in [0.1, 0.15) is 20.8 Å². The lowest BCUT2D eigenvalue weighted by Gasteiger charge is -1.86. The Morgan fingerprint density at radius 2 is 1.20 bits per heavy atom. The van der Waals surface area contributed by atoms with E-state index in [4.69, 9.17) is 10.2 Å². The van der Waals surface area contributed by atoms with Crippen molar-refractivity contribution in [3.05, 3.63) is 0 Å². The fraction of sp³-hybridized carbons (Fsp3) is 1.00. The maximum Gasteiger partial charge on any atom is 0.0402 e. The molecule has 0 aliphatic carbocycles. The van der Waals surface area contributed by atoms with Gasteiger partial charge < -0.3 is 15.5 Å². The molecule has 0 aliphatic heterocycles. The van der Waals surface area contributed by atoms with Crippen molar-refractivity contribution >= 4 is 0 Å². The molecule has 0 heterocycles. The first-order valence-corrected chi connectivity index (χ1v) is 3.59. The fourth-order valence-corrected chi connectivity index (χ4v) is 0.250. The van der Waals surface area contributed by atoms with Gasteiger partial charge in [-0.05, 0) is 20.0 Å². The topological polar surface area (TPSA) is 52.5 Å². The van der Waals surface area contributed by atoms with E-state index in [1.807, 2.05) is 0 Å². The summed E-state index contributed by atoms with van der Waals surface area (Å²) in [4.78, 5) is 0. The molecule has 0 aromatic carbocycles. The lowest BCUT2D eigenvalue weighted by Crippen LogP contribution is -2.09. The molecule has 0 unspecified atom stereocenters. The molecule has 0 saturated heterocycles. The van der Waals surface area contributed by atoms with Crippen molar-refractivity contribution in [3.63, 3.8) is 0 Å². The van der Waals surface area contributed by atoms with E-state index in [1.54, 1.807) is 6.92 Å². The van der Waals surface area contributed by atoms with Crippen molar-refractivity contribution in [2.45, 2.75) is 20.8 Å². The third-order valence-electron chi connectivity index (χ3n) is 0.500. The lowest BCUT2D eigenvalue weighted by atomic mass is 10.7. The van der Waals surface area contributed by atoms with Crippen molar-refractivity contribution in [1.82, 2.24) is 5.32 Å². The molecular formula is C7H21NO2. The smallest absolute Gasteiger partial charge is 0.0402 e. The molecule has 0 rings (SSSR count). The highest BCUT2D eigenvalue weighted by Crippen LogP contribution is 1.47. The minimum atomic E-state index is 0.250. The van der Waals surface area contributed by atoms with Gasteiger partial charge in [0.25, 0.3) is 0 Å². The third-order valence-corrected chi connectivity index (χ3v) is 0.500. The van der Waals surface area contributed by atoms with Crippen molar-refractivity contribution in [3.8, 4) is 0 Å². The van der Waals surface area contributed by atoms with Crippen molar-refractivity contribution < 1.29 is 10.2 Å². The number of rotatable bonds is 2. The molecule has 0 aliphatic rings. The predicted molar refractivity (Wildman–Crippen MR) is 45.1 cm³/mol. The number of hydrogen-bond donors (Lipinski definition) is 3. The van der Waals surface area contributed by atoms with Gasteiger partial charge in [-0.2, -0.15) is 0 Å². The van der Waals surface area contributed by atoms with Crippen LogP contribution >= 0.6 is 0 Å². The normalized spacial score (nSPS) is 6.60. The van der Waals surface area contributed by atoms with E-state index < -0.39 is 0 Å². The van der Waals surface area contributed by atoms with Gasteiger partial charge in [0.15, 0.2) is 0 Å². The molecule has 0 aromatic rings. The number of nitrogens with one attached hydrogen (secondary N) is 1. The highest BCUT2D eigenvalue weighted by atomic mass is 16.2. The zero-order valence-corrected chi connectivity index (χ0v) is 7.52. The van der Waals surface area contributed by atoms with Gasteiger partial charge in [-0.1, -0.05) is 13.8 Å². The van der Waals surface area contributed by atoms with Crippen molar-refractivity contribution in [1.29, 1.82) is 0 Å². The third kappa shape index (κ3) is 106. The van der Waals surface area contributed by atoms with E-state index >= 15 is 0 Å². The van der Waals surface area contributed by atoms with Crippen LogP contribution in [-0.2, 0) is 0 Å². The molecule has 0 fully saturated rings. The summed E-state index contributed by atoms with van der Waals surface area (Å²) in [6.07, 6.45) is 0. The summed E-state index contributed by atoms with van der Waals surface area (Å²) in [6.45, 7) is 8.32. The Kier molecular flexibility index (Phi) is 60.3. The largest absolute Gasteiger partial charge is 0.400 e. The Morgan fingerprint density at radius 3 is 1.20 bits per heavy atom. The zero-order chi connectivity index (χ0) is 8.83. The van der Waals surface area contributed by atoms with E-state index in [0.717, 1.165) is 20.2 Å². The molecule has 10 heavy (non-hydrogen) atoms. The minimum absolute atomic E-state index is 0.250. The summed E-state index contributed by atoms with van der Waals surface area (Å²) in [6, 6.07) is 0. The van der Waals surface area contributed by atoms with E-state index in [0.29, 0.717) is 0 Å². The summed E-state index contributed by atoms with van der Waals surface area (Å²) < 4.78 is 0. The maximum absolute atomic E-state index is 7.57. The van der Waals surface area contributed by atoms with Gasteiger partial charge in [0, 0.05) is 13.7 Å². The van der Waals surface area contributed by atoms with Gasteiger partial charge in [0.05, 0.1) is 0 Å². The van der Waals surface area contributed by atoms with Crippen LogP contribution in [0.2, 0.25) is 0 Å². The van der Waals surface area contributed by atoms with Gasteiger partial charge >= 0.3 is 0 Å². The molecule has 0 saturated carbocycles. The van der Waals surface area contributed by atoms with Crippen LogP contribution in [0, 0.1) is 0 Å². The first-order chi connectivity index (χ1) is 4.83. The molecule has 66 valence electrons. The van der Waals surface area contributed by atoms with Crippen LogP contribution in [0.4, 0.5) is 0 Å². The highest BCUT2D eigenvalue weighted by molar-refractivity contribution is 4.27. The zero-order valence-electron chi connectivity index (χ0n) is 7.52. The number of hydrogen-bond acceptors (Lipinski definition) is 3. The molecule has 0 bridgehead atoms. The molecular weight excluding hydrogens is 130 g/mol. The monoisotopic (exact) mass is 151 g/mol. The number of aliphatic hydroxyl groups excluding tert-OH is 2. The minimum Gasteiger partial charge on any atom is -0.400 e. The molecule has 0 radical (unpaired) electrons. The summed E-state index contributed by atoms with van der Waals surface area (Å²) in [5.41, 5.74) is 0. The van der Waals surface area contributed by atoms with Crippen LogP contribution < -0.4 is 5.32 Å². The summed E-state index contributed by atoms with van der Waals surface area (Å²) in [7, 11) is 1.00. The van der Waals surface area contributed by atoms with Crippen LogP contribution in [-0.4, -0.2) is 37.0 Å². The van der Waals surface area contributed by atoms with E-state index in [1.165, 1.54) is 0 Å². The van der Waals surface area contributed by atoms with Crippen LogP contribution in [0.25, 0.3) is 0 Å². The van der Waals surface area contributed by atoms with Crippen LogP contribution in [0.5, 0.6) is 0 Å². The second-order valence-electron chi connectivity index (χ2n) is 1.27. The standard InChI is InChI=1S/C4H11N.C2H6O.CH4O/c1-3-5-4-2;1-2-3;1-2/h5H,3-4H2,1-2H3;3H,2H2,1H3;2H,1H3. The Morgan fingerprint density at radius 1 is 1.00 bits per heavy atom. The van der Waals surface area contributed by atoms with Gasteiger partial charge in [-0.25, -0.2) is 0 Å². The fourth-order valence-electron chi connectivity index (χ4n) is 0.250. The van der Waals surface area contributed by atoms with E-state index in [2.05, 4.69) is 19.2 Å². The summed E-state index contributed by atoms with van der Waals surface area (Å²) in [5.74, 6) is 0. The molecule has 0 amide bonds. The molecule has 0 aromatic heterocycles. The summed E-state index contributed by atoms with van der Waals surface area (Å²) >= 11 is 0. The Hall–Kier alpha value is -0.120. The molecule has 3 heteroatoms. The van der Waals surface area contributed by atoms with Gasteiger partial charge in [0.1, 0.15) is 0 Å². The lowest BCUT2D eigenvalue weighted by molar-refractivity contribution is 0.318. The van der Waals surface area contributed by atoms with Gasteiger partial charge in [0.2, 0.25) is 0 Å². The van der Waals surface area contributed by atoms with Gasteiger partial charge in [-0.3, -0.25) is 0 Å². The first-order valence-electron chi connectivity index (χ1n) is 3.59. The average molecular weight is 151 g/mol. The highest BCUT2D eigenvalue weighted by Gasteiger charge is 1.62. The number of aliphatic hydroxyl groups is 2. The average Bonchev–Trinajstić information content (AvgIpc) is 1.96. The summed E-state index contributed by atoms with van der Waals surface area (Å²) in [5, 5.41) is 17.7. The molecule has 3 N–H and O–H groups in total. The van der Waals surface area contributed by atoms with Crippen LogP contribution in [0.15, 0.2) is 0 Å². The van der Waals surface area contributed by atoms with Gasteiger partial charge in [-0.15, -0.1) is 0 Å².